The van der Waals surface area contributed by atoms with Crippen LogP contribution in [-0.4, -0.2) is 21.9 Å². The van der Waals surface area contributed by atoms with Crippen molar-refractivity contribution in [1.29, 1.82) is 0 Å². The number of carbonyl (C=O) groups is 2. The van der Waals surface area contributed by atoms with E-state index in [0.29, 0.717) is 0 Å². The number of carboxylic acid groups (broad SMARTS) is 2. The molecule has 9 heteroatoms. The summed E-state index contributed by atoms with van der Waals surface area (Å²) in [6.07, 6.45) is 2.58. The van der Waals surface area contributed by atoms with Crippen LogP contribution in [0.2, 0.25) is 0 Å². The van der Waals surface area contributed by atoms with Gasteiger partial charge in [-0.1, -0.05) is 24.3 Å². The number of benzene rings is 1. The molecule has 0 aliphatic carbocycles. The van der Waals surface area contributed by atoms with E-state index in [9.17, 15) is 19.8 Å². The molecule has 0 amide bonds. The van der Waals surface area contributed by atoms with E-state index < -0.39 is 18.4 Å². The first kappa shape index (κ1) is 23.8. The Labute approximate surface area is 149 Å². The molecular formula is C15H16N2O6Zn+2. The van der Waals surface area contributed by atoms with E-state index >= 15 is 0 Å². The van der Waals surface area contributed by atoms with E-state index in [0.717, 1.165) is 21.8 Å². The second-order valence-electron chi connectivity index (χ2n) is 4.14. The molecule has 0 spiro atoms. The summed E-state index contributed by atoms with van der Waals surface area (Å²) in [4.78, 5) is 27.2. The van der Waals surface area contributed by atoms with Gasteiger partial charge >= 0.3 is 19.5 Å². The molecule has 8 nitrogen and oxygen atoms in total. The van der Waals surface area contributed by atoms with Gasteiger partial charge in [-0.15, -0.1) is 0 Å². The van der Waals surface area contributed by atoms with Crippen LogP contribution in [0.25, 0.3) is 21.8 Å². The Hall–Kier alpha value is -2.48. The number of carbonyl (C=O) groups excluding carboxylic acids is 2. The molecule has 6 N–H and O–H groups in total. The number of hydrogen-bond acceptors (Lipinski definition) is 6. The van der Waals surface area contributed by atoms with Crippen molar-refractivity contribution in [3.05, 3.63) is 48.8 Å². The summed E-state index contributed by atoms with van der Waals surface area (Å²) in [7, 11) is 0. The Morgan fingerprint density at radius 1 is 0.792 bits per heavy atom. The Morgan fingerprint density at radius 3 is 1.46 bits per heavy atom. The summed E-state index contributed by atoms with van der Waals surface area (Å²) >= 11 is 0. The standard InChI is InChI=1S/C12H8N2.C3H4O4.2H2O.Zn/c1-3-9-5-6-10-4-2-8-14-12(10)11(9)13-7-1;4-2(5)1-3(6)7;;;/h1-8H;1H2,(H,4,5)(H,6,7);2*1H2;/q;;;;+2. The summed E-state index contributed by atoms with van der Waals surface area (Å²) < 4.78 is 0. The van der Waals surface area contributed by atoms with E-state index in [4.69, 9.17) is 0 Å². The van der Waals surface area contributed by atoms with E-state index in [1.165, 1.54) is 0 Å². The van der Waals surface area contributed by atoms with Crippen molar-refractivity contribution in [3.8, 4) is 0 Å². The third-order valence-corrected chi connectivity index (χ3v) is 2.63. The number of hydrogen-bond donors (Lipinski definition) is 0. The van der Waals surface area contributed by atoms with Gasteiger partial charge in [0.2, 0.25) is 0 Å². The molecule has 0 radical (unpaired) electrons. The predicted octanol–water partition coefficient (Wildman–Crippen LogP) is -2.19. The number of carboxylic acids is 2. The fourth-order valence-electron chi connectivity index (χ4n) is 1.80. The maximum absolute atomic E-state index is 9.28. The Balaban J connectivity index is 0. The number of fused-ring (bicyclic) bond motifs is 3. The average molecular weight is 386 g/mol. The smallest absolute Gasteiger partial charge is 0.550 e. The fraction of sp³-hybridized carbons (Fsp3) is 0.0667. The summed E-state index contributed by atoms with van der Waals surface area (Å²) in [5.41, 5.74) is 1.95. The third-order valence-electron chi connectivity index (χ3n) is 2.63. The van der Waals surface area contributed by atoms with Gasteiger partial charge in [-0.05, 0) is 12.1 Å². The minimum atomic E-state index is -1.63. The molecule has 0 atom stereocenters. The first-order valence-electron chi connectivity index (χ1n) is 6.06. The molecule has 1 aromatic carbocycles. The fourth-order valence-corrected chi connectivity index (χ4v) is 1.80. The van der Waals surface area contributed by atoms with Crippen LogP contribution in [0.15, 0.2) is 48.8 Å². The van der Waals surface area contributed by atoms with Gasteiger partial charge in [-0.25, -0.2) is 0 Å². The normalized spacial score (nSPS) is 8.67. The van der Waals surface area contributed by atoms with E-state index in [2.05, 4.69) is 34.2 Å². The van der Waals surface area contributed by atoms with E-state index in [1.54, 1.807) is 12.4 Å². The maximum Gasteiger partial charge on any atom is 2.00 e. The second-order valence-corrected chi connectivity index (χ2v) is 4.14. The monoisotopic (exact) mass is 384 g/mol. The number of pyridine rings is 2. The van der Waals surface area contributed by atoms with Crippen LogP contribution in [0.1, 0.15) is 6.42 Å². The molecule has 122 valence electrons. The van der Waals surface area contributed by atoms with Gasteiger partial charge in [0.15, 0.2) is 0 Å². The molecule has 2 aromatic heterocycles. The van der Waals surface area contributed by atoms with Gasteiger partial charge < -0.3 is 30.8 Å². The number of rotatable bonds is 2. The molecule has 3 aromatic rings. The van der Waals surface area contributed by atoms with Crippen LogP contribution >= 0.6 is 0 Å². The van der Waals surface area contributed by atoms with Crippen molar-refractivity contribution in [1.82, 2.24) is 9.97 Å². The number of aromatic nitrogens is 2. The van der Waals surface area contributed by atoms with Gasteiger partial charge in [0.25, 0.3) is 0 Å². The summed E-state index contributed by atoms with van der Waals surface area (Å²) in [5, 5.41) is 20.8. The van der Waals surface area contributed by atoms with Crippen molar-refractivity contribution < 1.29 is 50.2 Å². The van der Waals surface area contributed by atoms with Gasteiger partial charge in [0.1, 0.15) is 0 Å². The van der Waals surface area contributed by atoms with E-state index in [-0.39, 0.29) is 30.4 Å². The van der Waals surface area contributed by atoms with Crippen LogP contribution in [-0.2, 0) is 40.0 Å². The molecule has 0 bridgehead atoms. The van der Waals surface area contributed by atoms with Crippen LogP contribution in [0.3, 0.4) is 0 Å². The van der Waals surface area contributed by atoms with Crippen molar-refractivity contribution in [2.24, 2.45) is 0 Å². The SMILES string of the molecule is O=C([O-])CC(=O)[O-].[OH3+].[OH3+].[Zn+2].c1cnc2c(c1)ccc1cccnc12. The van der Waals surface area contributed by atoms with Gasteiger partial charge in [-0.3, -0.25) is 9.97 Å². The zero-order valence-corrected chi connectivity index (χ0v) is 15.7. The summed E-state index contributed by atoms with van der Waals surface area (Å²) in [6.45, 7) is 0. The zero-order valence-electron chi connectivity index (χ0n) is 12.7. The topological polar surface area (TPSA) is 172 Å². The molecule has 24 heavy (non-hydrogen) atoms. The molecule has 0 saturated carbocycles. The largest absolute Gasteiger partial charge is 2.00 e. The molecule has 0 fully saturated rings. The summed E-state index contributed by atoms with van der Waals surface area (Å²) in [5.74, 6) is -3.25. The van der Waals surface area contributed by atoms with Gasteiger partial charge in [0.05, 0.1) is 11.0 Å². The molecule has 0 aliphatic rings. The maximum atomic E-state index is 9.28. The van der Waals surface area contributed by atoms with Crippen molar-refractivity contribution in [2.45, 2.75) is 6.42 Å². The molecule has 3 rings (SSSR count). The predicted molar refractivity (Wildman–Crippen MR) is 81.4 cm³/mol. The first-order valence-corrected chi connectivity index (χ1v) is 6.06. The molecule has 0 saturated heterocycles. The molecule has 0 aliphatic heterocycles. The zero-order chi connectivity index (χ0) is 15.2. The molecule has 2 heterocycles. The summed E-state index contributed by atoms with van der Waals surface area (Å²) in [6, 6.07) is 12.1. The van der Waals surface area contributed by atoms with Crippen LogP contribution in [0.5, 0.6) is 0 Å². The second kappa shape index (κ2) is 11.1. The first-order chi connectivity index (χ1) is 10.1. The minimum Gasteiger partial charge on any atom is -0.550 e. The van der Waals surface area contributed by atoms with Gasteiger partial charge in [-0.2, -0.15) is 0 Å². The quantitative estimate of drug-likeness (QED) is 0.210. The van der Waals surface area contributed by atoms with Crippen molar-refractivity contribution in [2.75, 3.05) is 0 Å². The minimum absolute atomic E-state index is 0. The van der Waals surface area contributed by atoms with Crippen LogP contribution < -0.4 is 10.2 Å². The Kier molecular flexibility index (Phi) is 11.0. The molecular weight excluding hydrogens is 370 g/mol. The van der Waals surface area contributed by atoms with Crippen LogP contribution in [0, 0.1) is 0 Å². The number of aliphatic carboxylic acids is 2. The third kappa shape index (κ3) is 6.33. The number of nitrogens with zero attached hydrogens (tertiary/aromatic N) is 2. The van der Waals surface area contributed by atoms with Crippen molar-refractivity contribution in [3.63, 3.8) is 0 Å². The Morgan fingerprint density at radius 2 is 1.17 bits per heavy atom. The molecule has 0 unspecified atom stereocenters. The van der Waals surface area contributed by atoms with E-state index in [1.807, 2.05) is 12.1 Å². The average Bonchev–Trinajstić information content (AvgIpc) is 2.46. The van der Waals surface area contributed by atoms with Gasteiger partial charge in [0, 0.05) is 41.5 Å². The van der Waals surface area contributed by atoms with Crippen LogP contribution in [0.4, 0.5) is 0 Å². The van der Waals surface area contributed by atoms with Crippen molar-refractivity contribution >= 4 is 33.7 Å². The Bertz CT molecular complexity index is 745.